The minimum Gasteiger partial charge on any atom is -0.355 e. The quantitative estimate of drug-likeness (QED) is 0.701. The van der Waals surface area contributed by atoms with Crippen molar-refractivity contribution in [2.24, 2.45) is 5.92 Å². The molecule has 1 aromatic heterocycles. The monoisotopic (exact) mass is 211 g/mol. The van der Waals surface area contributed by atoms with E-state index in [1.807, 2.05) is 6.20 Å². The SMILES string of the molecule is ClCC1CCCN(c2cnccn2)C1. The number of hydrogen-bond donors (Lipinski definition) is 0. The van der Waals surface area contributed by atoms with Gasteiger partial charge in [0, 0.05) is 31.4 Å². The standard InChI is InChI=1S/C10H14ClN3/c11-6-9-2-1-5-14(8-9)10-7-12-3-4-13-10/h3-4,7,9H,1-2,5-6,8H2. The Morgan fingerprint density at radius 1 is 1.50 bits per heavy atom. The third-order valence-electron chi connectivity index (χ3n) is 2.61. The highest BCUT2D eigenvalue weighted by molar-refractivity contribution is 6.18. The minimum atomic E-state index is 0.604. The van der Waals surface area contributed by atoms with Crippen molar-refractivity contribution in [3.05, 3.63) is 18.6 Å². The Morgan fingerprint density at radius 3 is 3.14 bits per heavy atom. The number of anilines is 1. The maximum absolute atomic E-state index is 5.87. The highest BCUT2D eigenvalue weighted by Gasteiger charge is 2.19. The molecule has 1 aliphatic heterocycles. The fourth-order valence-electron chi connectivity index (χ4n) is 1.85. The smallest absolute Gasteiger partial charge is 0.147 e. The second kappa shape index (κ2) is 4.60. The van der Waals surface area contributed by atoms with E-state index in [9.17, 15) is 0 Å². The van der Waals surface area contributed by atoms with Gasteiger partial charge in [-0.15, -0.1) is 11.6 Å². The van der Waals surface area contributed by atoms with Gasteiger partial charge >= 0.3 is 0 Å². The number of halogens is 1. The summed E-state index contributed by atoms with van der Waals surface area (Å²) in [5, 5.41) is 0. The van der Waals surface area contributed by atoms with Gasteiger partial charge < -0.3 is 4.90 Å². The van der Waals surface area contributed by atoms with Crippen LogP contribution in [0.1, 0.15) is 12.8 Å². The first-order valence-electron chi connectivity index (χ1n) is 4.97. The predicted octanol–water partition coefficient (Wildman–Crippen LogP) is 1.93. The van der Waals surface area contributed by atoms with Gasteiger partial charge in [-0.2, -0.15) is 0 Å². The van der Waals surface area contributed by atoms with Crippen LogP contribution in [0, 0.1) is 5.92 Å². The van der Waals surface area contributed by atoms with Crippen LogP contribution in [0.25, 0.3) is 0 Å². The van der Waals surface area contributed by atoms with Crippen LogP contribution in [0.15, 0.2) is 18.6 Å². The number of aromatic nitrogens is 2. The van der Waals surface area contributed by atoms with Crippen LogP contribution >= 0.6 is 11.6 Å². The summed E-state index contributed by atoms with van der Waals surface area (Å²) in [4.78, 5) is 10.6. The van der Waals surface area contributed by atoms with E-state index in [0.717, 1.165) is 24.8 Å². The van der Waals surface area contributed by atoms with Gasteiger partial charge in [0.15, 0.2) is 0 Å². The first-order valence-corrected chi connectivity index (χ1v) is 5.50. The summed E-state index contributed by atoms with van der Waals surface area (Å²) < 4.78 is 0. The molecular formula is C10H14ClN3. The molecule has 4 heteroatoms. The summed E-state index contributed by atoms with van der Waals surface area (Å²) in [7, 11) is 0. The maximum atomic E-state index is 5.87. The fourth-order valence-corrected chi connectivity index (χ4v) is 2.11. The molecule has 0 aromatic carbocycles. The van der Waals surface area contributed by atoms with Gasteiger partial charge in [-0.25, -0.2) is 4.98 Å². The molecule has 1 saturated heterocycles. The van der Waals surface area contributed by atoms with Gasteiger partial charge in [0.25, 0.3) is 0 Å². The zero-order valence-electron chi connectivity index (χ0n) is 8.06. The van der Waals surface area contributed by atoms with Crippen molar-refractivity contribution in [3.8, 4) is 0 Å². The van der Waals surface area contributed by atoms with E-state index in [4.69, 9.17) is 11.6 Å². The molecule has 0 aliphatic carbocycles. The number of alkyl halides is 1. The normalized spacial score (nSPS) is 22.4. The summed E-state index contributed by atoms with van der Waals surface area (Å²) in [6, 6.07) is 0. The van der Waals surface area contributed by atoms with E-state index in [1.54, 1.807) is 12.4 Å². The molecule has 1 aromatic rings. The minimum absolute atomic E-state index is 0.604. The molecule has 1 atom stereocenters. The predicted molar refractivity (Wildman–Crippen MR) is 57.7 cm³/mol. The van der Waals surface area contributed by atoms with Gasteiger partial charge in [-0.05, 0) is 18.8 Å². The lowest BCUT2D eigenvalue weighted by molar-refractivity contribution is 0.448. The molecule has 0 N–H and O–H groups in total. The fraction of sp³-hybridized carbons (Fsp3) is 0.600. The zero-order chi connectivity index (χ0) is 9.80. The van der Waals surface area contributed by atoms with Crippen molar-refractivity contribution in [1.82, 2.24) is 9.97 Å². The number of nitrogens with zero attached hydrogens (tertiary/aromatic N) is 3. The lowest BCUT2D eigenvalue weighted by Gasteiger charge is -2.32. The molecule has 2 rings (SSSR count). The third-order valence-corrected chi connectivity index (χ3v) is 3.05. The van der Waals surface area contributed by atoms with Crippen LogP contribution in [0.5, 0.6) is 0 Å². The van der Waals surface area contributed by atoms with Crippen molar-refractivity contribution in [2.75, 3.05) is 23.9 Å². The average Bonchev–Trinajstić information content (AvgIpc) is 2.30. The summed E-state index contributed by atoms with van der Waals surface area (Å²) in [5.74, 6) is 2.33. The van der Waals surface area contributed by atoms with Gasteiger partial charge in [-0.1, -0.05) is 0 Å². The second-order valence-corrected chi connectivity index (χ2v) is 3.98. The van der Waals surface area contributed by atoms with E-state index in [0.29, 0.717) is 5.92 Å². The van der Waals surface area contributed by atoms with Crippen molar-refractivity contribution in [2.45, 2.75) is 12.8 Å². The van der Waals surface area contributed by atoms with E-state index in [2.05, 4.69) is 14.9 Å². The summed E-state index contributed by atoms with van der Waals surface area (Å²) in [6.07, 6.45) is 7.69. The summed E-state index contributed by atoms with van der Waals surface area (Å²) in [6.45, 7) is 2.09. The van der Waals surface area contributed by atoms with Crippen LogP contribution in [-0.4, -0.2) is 28.9 Å². The van der Waals surface area contributed by atoms with Crippen molar-refractivity contribution in [3.63, 3.8) is 0 Å². The molecule has 2 heterocycles. The van der Waals surface area contributed by atoms with Crippen LogP contribution in [-0.2, 0) is 0 Å². The van der Waals surface area contributed by atoms with Crippen molar-refractivity contribution >= 4 is 17.4 Å². The first-order chi connectivity index (χ1) is 6.90. The molecule has 1 fully saturated rings. The van der Waals surface area contributed by atoms with E-state index >= 15 is 0 Å². The van der Waals surface area contributed by atoms with Crippen LogP contribution in [0.3, 0.4) is 0 Å². The second-order valence-electron chi connectivity index (χ2n) is 3.67. The largest absolute Gasteiger partial charge is 0.355 e. The molecule has 1 unspecified atom stereocenters. The zero-order valence-corrected chi connectivity index (χ0v) is 8.82. The highest BCUT2D eigenvalue weighted by Crippen LogP contribution is 2.21. The Hall–Kier alpha value is -0.830. The molecule has 76 valence electrons. The molecule has 0 saturated carbocycles. The van der Waals surface area contributed by atoms with E-state index < -0.39 is 0 Å². The van der Waals surface area contributed by atoms with Crippen LogP contribution < -0.4 is 4.90 Å². The molecule has 0 amide bonds. The number of hydrogen-bond acceptors (Lipinski definition) is 3. The van der Waals surface area contributed by atoms with Gasteiger partial charge in [0.1, 0.15) is 5.82 Å². The Labute approximate surface area is 89.1 Å². The first kappa shape index (κ1) is 9.71. The van der Waals surface area contributed by atoms with Gasteiger partial charge in [0.05, 0.1) is 6.20 Å². The Bertz CT molecular complexity index is 278. The van der Waals surface area contributed by atoms with Crippen molar-refractivity contribution in [1.29, 1.82) is 0 Å². The van der Waals surface area contributed by atoms with Gasteiger partial charge in [-0.3, -0.25) is 4.98 Å². The average molecular weight is 212 g/mol. The number of piperidine rings is 1. The maximum Gasteiger partial charge on any atom is 0.147 e. The molecule has 0 radical (unpaired) electrons. The van der Waals surface area contributed by atoms with Crippen LogP contribution in [0.4, 0.5) is 5.82 Å². The lowest BCUT2D eigenvalue weighted by Crippen LogP contribution is -2.36. The summed E-state index contributed by atoms with van der Waals surface area (Å²) >= 11 is 5.87. The molecule has 0 spiro atoms. The van der Waals surface area contributed by atoms with Gasteiger partial charge in [0.2, 0.25) is 0 Å². The Balaban J connectivity index is 2.04. The molecule has 1 aliphatic rings. The topological polar surface area (TPSA) is 29.0 Å². The molecule has 0 bridgehead atoms. The Morgan fingerprint density at radius 2 is 2.43 bits per heavy atom. The van der Waals surface area contributed by atoms with E-state index in [-0.39, 0.29) is 0 Å². The summed E-state index contributed by atoms with van der Waals surface area (Å²) in [5.41, 5.74) is 0. The van der Waals surface area contributed by atoms with E-state index in [1.165, 1.54) is 12.8 Å². The lowest BCUT2D eigenvalue weighted by atomic mass is 10.0. The number of rotatable bonds is 2. The molecular weight excluding hydrogens is 198 g/mol. The highest BCUT2D eigenvalue weighted by atomic mass is 35.5. The third kappa shape index (κ3) is 2.15. The molecule has 3 nitrogen and oxygen atoms in total. The van der Waals surface area contributed by atoms with Crippen LogP contribution in [0.2, 0.25) is 0 Å². The molecule has 14 heavy (non-hydrogen) atoms. The van der Waals surface area contributed by atoms with Crippen molar-refractivity contribution < 1.29 is 0 Å². The Kier molecular flexibility index (Phi) is 3.19.